The molecule has 2 saturated heterocycles. The first-order valence-corrected chi connectivity index (χ1v) is 6.05. The number of nitrogens with one attached hydrogen (secondary N) is 2. The molecule has 1 aromatic rings. The second-order valence-corrected chi connectivity index (χ2v) is 4.84. The molecule has 3 heterocycles. The van der Waals surface area contributed by atoms with E-state index in [9.17, 15) is 14.0 Å². The predicted octanol–water partition coefficient (Wildman–Crippen LogP) is 0.00460. The Labute approximate surface area is 109 Å². The quantitative estimate of drug-likeness (QED) is 0.738. The van der Waals surface area contributed by atoms with Crippen molar-refractivity contribution in [2.75, 3.05) is 13.1 Å². The van der Waals surface area contributed by atoms with Crippen molar-refractivity contribution in [2.24, 2.45) is 0 Å². The first-order valence-electron chi connectivity index (χ1n) is 6.05. The number of aromatic nitrogens is 1. The molecule has 3 rings (SSSR count). The van der Waals surface area contributed by atoms with Crippen molar-refractivity contribution in [3.63, 3.8) is 0 Å². The minimum Gasteiger partial charge on any atom is -0.322 e. The zero-order chi connectivity index (χ0) is 13.5. The number of rotatable bonds is 2. The maximum Gasteiger partial charge on any atom is 0.325 e. The average molecular weight is 264 g/mol. The van der Waals surface area contributed by atoms with E-state index in [1.807, 2.05) is 0 Å². The van der Waals surface area contributed by atoms with Gasteiger partial charge in [0.15, 0.2) is 0 Å². The third kappa shape index (κ3) is 1.95. The van der Waals surface area contributed by atoms with E-state index in [-0.39, 0.29) is 12.5 Å². The van der Waals surface area contributed by atoms with Gasteiger partial charge in [0, 0.05) is 12.7 Å². The summed E-state index contributed by atoms with van der Waals surface area (Å²) in [7, 11) is 0. The molecule has 2 aliphatic rings. The molecule has 1 aromatic heterocycles. The number of hydrogen-bond acceptors (Lipinski definition) is 4. The highest BCUT2D eigenvalue weighted by Gasteiger charge is 2.52. The van der Waals surface area contributed by atoms with E-state index in [4.69, 9.17) is 0 Å². The van der Waals surface area contributed by atoms with Crippen molar-refractivity contribution in [3.05, 3.63) is 29.8 Å². The minimum atomic E-state index is -0.822. The van der Waals surface area contributed by atoms with Crippen molar-refractivity contribution >= 4 is 11.9 Å². The number of imide groups is 1. The van der Waals surface area contributed by atoms with Crippen LogP contribution in [0.2, 0.25) is 0 Å². The largest absolute Gasteiger partial charge is 0.325 e. The zero-order valence-electron chi connectivity index (χ0n) is 10.1. The number of halogens is 1. The first kappa shape index (κ1) is 12.0. The third-order valence-corrected chi connectivity index (χ3v) is 3.50. The Bertz CT molecular complexity index is 542. The predicted molar refractivity (Wildman–Crippen MR) is 63.5 cm³/mol. The highest BCUT2D eigenvalue weighted by Crippen LogP contribution is 2.25. The maximum absolute atomic E-state index is 13.1. The topological polar surface area (TPSA) is 74.3 Å². The van der Waals surface area contributed by atoms with Gasteiger partial charge in [0.25, 0.3) is 5.91 Å². The lowest BCUT2D eigenvalue weighted by atomic mass is 9.99. The molecule has 0 bridgehead atoms. The molecule has 3 amide bonds. The summed E-state index contributed by atoms with van der Waals surface area (Å²) in [5.41, 5.74) is -0.329. The molecule has 0 aliphatic carbocycles. The fourth-order valence-electron chi connectivity index (χ4n) is 2.53. The molecule has 2 aliphatic heterocycles. The van der Waals surface area contributed by atoms with Crippen molar-refractivity contribution in [2.45, 2.75) is 18.5 Å². The summed E-state index contributed by atoms with van der Waals surface area (Å²) < 4.78 is 13.1. The van der Waals surface area contributed by atoms with Crippen LogP contribution >= 0.6 is 0 Å². The Morgan fingerprint density at radius 3 is 2.95 bits per heavy atom. The number of carbonyl (C=O) groups is 2. The second kappa shape index (κ2) is 4.27. The number of hydrogen-bond donors (Lipinski definition) is 2. The number of urea groups is 1. The van der Waals surface area contributed by atoms with Crippen LogP contribution in [0.4, 0.5) is 9.18 Å². The average Bonchev–Trinajstić information content (AvgIpc) is 2.92. The fraction of sp³-hybridized carbons (Fsp3) is 0.417. The molecule has 1 unspecified atom stereocenters. The summed E-state index contributed by atoms with van der Waals surface area (Å²) in [6.07, 6.45) is 3.11. The van der Waals surface area contributed by atoms with Crippen LogP contribution in [0.5, 0.6) is 0 Å². The molecule has 2 fully saturated rings. The SMILES string of the molecule is O=C1NC2(CCNC2)C(=O)N1Cc1cncc(F)c1. The first-order chi connectivity index (χ1) is 9.11. The van der Waals surface area contributed by atoms with Crippen molar-refractivity contribution in [1.82, 2.24) is 20.5 Å². The summed E-state index contributed by atoms with van der Waals surface area (Å²) in [5, 5.41) is 5.79. The van der Waals surface area contributed by atoms with Crippen LogP contribution in [0.25, 0.3) is 0 Å². The number of amides is 3. The lowest BCUT2D eigenvalue weighted by molar-refractivity contribution is -0.131. The summed E-state index contributed by atoms with van der Waals surface area (Å²) >= 11 is 0. The van der Waals surface area contributed by atoms with E-state index in [0.717, 1.165) is 11.1 Å². The van der Waals surface area contributed by atoms with Gasteiger partial charge in [-0.1, -0.05) is 0 Å². The molecule has 0 radical (unpaired) electrons. The molecule has 0 saturated carbocycles. The molecule has 6 nitrogen and oxygen atoms in total. The summed E-state index contributed by atoms with van der Waals surface area (Å²) in [5.74, 6) is -0.742. The molecular formula is C12H13FN4O2. The minimum absolute atomic E-state index is 0.0389. The molecular weight excluding hydrogens is 251 g/mol. The Morgan fingerprint density at radius 1 is 1.42 bits per heavy atom. The molecule has 0 aromatic carbocycles. The number of pyridine rings is 1. The number of nitrogens with zero attached hydrogens (tertiary/aromatic N) is 2. The molecule has 2 N–H and O–H groups in total. The fourth-order valence-corrected chi connectivity index (χ4v) is 2.53. The van der Waals surface area contributed by atoms with E-state index in [2.05, 4.69) is 15.6 Å². The second-order valence-electron chi connectivity index (χ2n) is 4.84. The van der Waals surface area contributed by atoms with Crippen LogP contribution < -0.4 is 10.6 Å². The van der Waals surface area contributed by atoms with Crippen LogP contribution in [0.3, 0.4) is 0 Å². The third-order valence-electron chi connectivity index (χ3n) is 3.50. The van der Waals surface area contributed by atoms with Crippen LogP contribution in [-0.2, 0) is 11.3 Å². The van der Waals surface area contributed by atoms with E-state index >= 15 is 0 Å². The highest BCUT2D eigenvalue weighted by molar-refractivity contribution is 6.07. The normalized spacial score (nSPS) is 26.3. The van der Waals surface area contributed by atoms with E-state index in [1.54, 1.807) is 0 Å². The molecule has 1 atom stereocenters. The van der Waals surface area contributed by atoms with Crippen molar-refractivity contribution in [3.8, 4) is 0 Å². The Balaban J connectivity index is 1.82. The standard InChI is InChI=1S/C12H13FN4O2/c13-9-3-8(4-15-5-9)6-17-10(18)12(16-11(17)19)1-2-14-7-12/h3-5,14H,1-2,6-7H2,(H,16,19). The zero-order valence-corrected chi connectivity index (χ0v) is 10.1. The Kier molecular flexibility index (Phi) is 2.70. The highest BCUT2D eigenvalue weighted by atomic mass is 19.1. The van der Waals surface area contributed by atoms with E-state index in [1.165, 1.54) is 12.3 Å². The lowest BCUT2D eigenvalue weighted by Crippen LogP contribution is -2.48. The van der Waals surface area contributed by atoms with Gasteiger partial charge in [-0.25, -0.2) is 9.18 Å². The van der Waals surface area contributed by atoms with Gasteiger partial charge in [-0.05, 0) is 24.6 Å². The summed E-state index contributed by atoms with van der Waals surface area (Å²) in [6.45, 7) is 1.17. The smallest absolute Gasteiger partial charge is 0.322 e. The monoisotopic (exact) mass is 264 g/mol. The van der Waals surface area contributed by atoms with Crippen LogP contribution in [0, 0.1) is 5.82 Å². The van der Waals surface area contributed by atoms with Gasteiger partial charge < -0.3 is 10.6 Å². The maximum atomic E-state index is 13.1. The van der Waals surface area contributed by atoms with Gasteiger partial charge in [-0.2, -0.15) is 0 Å². The van der Waals surface area contributed by atoms with Crippen molar-refractivity contribution < 1.29 is 14.0 Å². The molecule has 19 heavy (non-hydrogen) atoms. The van der Waals surface area contributed by atoms with E-state index in [0.29, 0.717) is 25.1 Å². The summed E-state index contributed by atoms with van der Waals surface area (Å²) in [6, 6.07) is 0.837. The number of carbonyl (C=O) groups excluding carboxylic acids is 2. The Morgan fingerprint density at radius 2 is 2.26 bits per heavy atom. The van der Waals surface area contributed by atoms with Crippen molar-refractivity contribution in [1.29, 1.82) is 0 Å². The van der Waals surface area contributed by atoms with Gasteiger partial charge in [0.1, 0.15) is 11.4 Å². The van der Waals surface area contributed by atoms with Gasteiger partial charge in [-0.15, -0.1) is 0 Å². The van der Waals surface area contributed by atoms with Crippen LogP contribution in [0.15, 0.2) is 18.5 Å². The molecule has 100 valence electrons. The Hall–Kier alpha value is -2.02. The van der Waals surface area contributed by atoms with Crippen LogP contribution in [-0.4, -0.2) is 40.5 Å². The molecule has 1 spiro atoms. The summed E-state index contributed by atoms with van der Waals surface area (Å²) in [4.78, 5) is 29.0. The molecule has 7 heteroatoms. The van der Waals surface area contributed by atoms with Gasteiger partial charge >= 0.3 is 6.03 Å². The van der Waals surface area contributed by atoms with Gasteiger partial charge in [0.05, 0.1) is 12.7 Å². The lowest BCUT2D eigenvalue weighted by Gasteiger charge is -2.19. The van der Waals surface area contributed by atoms with Crippen LogP contribution in [0.1, 0.15) is 12.0 Å². The van der Waals surface area contributed by atoms with E-state index < -0.39 is 17.4 Å². The van der Waals surface area contributed by atoms with Gasteiger partial charge in [0.2, 0.25) is 0 Å². The van der Waals surface area contributed by atoms with Gasteiger partial charge in [-0.3, -0.25) is 14.7 Å².